The van der Waals surface area contributed by atoms with Crippen LogP contribution in [0.4, 0.5) is 10.3 Å². The van der Waals surface area contributed by atoms with Gasteiger partial charge in [-0.15, -0.1) is 0 Å². The summed E-state index contributed by atoms with van der Waals surface area (Å²) in [6.07, 6.45) is 1.54. The van der Waals surface area contributed by atoms with E-state index in [1.165, 1.54) is 12.1 Å². The molecule has 7 heteroatoms. The van der Waals surface area contributed by atoms with Crippen molar-refractivity contribution in [3.63, 3.8) is 0 Å². The third-order valence-electron chi connectivity index (χ3n) is 4.13. The number of hydrogen-bond donors (Lipinski definition) is 0. The summed E-state index contributed by atoms with van der Waals surface area (Å²) in [4.78, 5) is 18.0. The number of carbonyl (C=O) groups is 1. The molecule has 25 heavy (non-hydrogen) atoms. The Balaban J connectivity index is 1.85. The Labute approximate surface area is 144 Å². The molecule has 0 bridgehead atoms. The van der Waals surface area contributed by atoms with Crippen molar-refractivity contribution in [3.05, 3.63) is 35.8 Å². The van der Waals surface area contributed by atoms with Crippen LogP contribution >= 0.6 is 0 Å². The van der Waals surface area contributed by atoms with E-state index < -0.39 is 0 Å². The maximum Gasteiger partial charge on any atom is 0.310 e. The van der Waals surface area contributed by atoms with E-state index in [2.05, 4.69) is 4.98 Å². The Morgan fingerprint density at radius 1 is 1.48 bits per heavy atom. The van der Waals surface area contributed by atoms with Gasteiger partial charge in [-0.05, 0) is 44.0 Å². The number of rotatable bonds is 4. The molecule has 0 saturated carbocycles. The molecular formula is C18H18FN3O3. The number of carbonyl (C=O) groups excluding carboxylic acids is 1. The van der Waals surface area contributed by atoms with Crippen LogP contribution in [0.2, 0.25) is 0 Å². The molecule has 0 N–H and O–H groups in total. The number of anilines is 1. The van der Waals surface area contributed by atoms with Crippen LogP contribution in [-0.2, 0) is 9.53 Å². The fourth-order valence-electron chi connectivity index (χ4n) is 2.93. The molecule has 1 aliphatic rings. The van der Waals surface area contributed by atoms with E-state index in [0.717, 1.165) is 12.8 Å². The van der Waals surface area contributed by atoms with E-state index in [4.69, 9.17) is 9.15 Å². The molecule has 3 rings (SSSR count). The molecule has 0 unspecified atom stereocenters. The molecule has 1 saturated heterocycles. The quantitative estimate of drug-likeness (QED) is 0.794. The molecule has 2 heterocycles. The van der Waals surface area contributed by atoms with Crippen molar-refractivity contribution in [1.82, 2.24) is 4.98 Å². The van der Waals surface area contributed by atoms with Crippen LogP contribution in [0.5, 0.6) is 0 Å². The lowest BCUT2D eigenvalue weighted by atomic mass is 9.98. The van der Waals surface area contributed by atoms with Crippen LogP contribution in [0.25, 0.3) is 11.5 Å². The number of piperidine rings is 1. The molecule has 0 aliphatic carbocycles. The normalized spacial score (nSPS) is 17.2. The third-order valence-corrected chi connectivity index (χ3v) is 4.13. The zero-order valence-corrected chi connectivity index (χ0v) is 13.9. The first kappa shape index (κ1) is 17.0. The minimum Gasteiger partial charge on any atom is -0.466 e. The van der Waals surface area contributed by atoms with Crippen LogP contribution in [0.15, 0.2) is 28.7 Å². The van der Waals surface area contributed by atoms with Gasteiger partial charge in [0.25, 0.3) is 0 Å². The highest BCUT2D eigenvalue weighted by Gasteiger charge is 2.30. The van der Waals surface area contributed by atoms with E-state index >= 15 is 0 Å². The number of esters is 1. The Morgan fingerprint density at radius 3 is 2.92 bits per heavy atom. The monoisotopic (exact) mass is 343 g/mol. The number of benzene rings is 1. The van der Waals surface area contributed by atoms with Crippen LogP contribution in [0, 0.1) is 23.1 Å². The molecule has 0 radical (unpaired) electrons. The van der Waals surface area contributed by atoms with E-state index in [0.29, 0.717) is 31.1 Å². The van der Waals surface area contributed by atoms with Crippen molar-refractivity contribution in [1.29, 1.82) is 5.26 Å². The fraction of sp³-hybridized carbons (Fsp3) is 0.389. The van der Waals surface area contributed by atoms with E-state index in [1.54, 1.807) is 19.1 Å². The van der Waals surface area contributed by atoms with Crippen LogP contribution in [0.1, 0.15) is 25.5 Å². The fourth-order valence-corrected chi connectivity index (χ4v) is 2.93. The number of nitrogens with zero attached hydrogens (tertiary/aromatic N) is 3. The Kier molecular flexibility index (Phi) is 4.98. The van der Waals surface area contributed by atoms with Gasteiger partial charge in [0.05, 0.1) is 12.5 Å². The molecule has 0 amide bonds. The Bertz CT molecular complexity index is 795. The highest BCUT2D eigenvalue weighted by Crippen LogP contribution is 2.31. The average Bonchev–Trinajstić information content (AvgIpc) is 3.07. The lowest BCUT2D eigenvalue weighted by Gasteiger charge is -2.31. The van der Waals surface area contributed by atoms with Crippen molar-refractivity contribution >= 4 is 11.9 Å². The largest absolute Gasteiger partial charge is 0.466 e. The van der Waals surface area contributed by atoms with E-state index in [9.17, 15) is 14.4 Å². The zero-order valence-electron chi connectivity index (χ0n) is 13.9. The van der Waals surface area contributed by atoms with Gasteiger partial charge in [0.15, 0.2) is 0 Å². The summed E-state index contributed by atoms with van der Waals surface area (Å²) in [6, 6.07) is 7.73. The van der Waals surface area contributed by atoms with E-state index in [1.807, 2.05) is 11.0 Å². The molecule has 1 atom stereocenters. The van der Waals surface area contributed by atoms with Crippen molar-refractivity contribution < 1.29 is 18.3 Å². The Hall–Kier alpha value is -2.88. The average molecular weight is 343 g/mol. The van der Waals surface area contributed by atoms with Crippen LogP contribution < -0.4 is 4.90 Å². The summed E-state index contributed by atoms with van der Waals surface area (Å²) in [5.41, 5.74) is 0.743. The first-order valence-electron chi connectivity index (χ1n) is 8.20. The van der Waals surface area contributed by atoms with Gasteiger partial charge in [-0.3, -0.25) is 4.79 Å². The van der Waals surface area contributed by atoms with Gasteiger partial charge >= 0.3 is 5.97 Å². The van der Waals surface area contributed by atoms with Crippen molar-refractivity contribution in [2.24, 2.45) is 5.92 Å². The number of oxazole rings is 1. The Morgan fingerprint density at radius 2 is 2.24 bits per heavy atom. The summed E-state index contributed by atoms with van der Waals surface area (Å²) in [5.74, 6) is -0.242. The topological polar surface area (TPSA) is 79.4 Å². The number of halogens is 1. The van der Waals surface area contributed by atoms with E-state index in [-0.39, 0.29) is 29.3 Å². The highest BCUT2D eigenvalue weighted by atomic mass is 19.1. The zero-order chi connectivity index (χ0) is 17.8. The molecule has 0 spiro atoms. The van der Waals surface area contributed by atoms with Gasteiger partial charge in [0.2, 0.25) is 17.5 Å². The minimum atomic E-state index is -0.357. The molecule has 1 aromatic heterocycles. The maximum absolute atomic E-state index is 13.1. The van der Waals surface area contributed by atoms with Gasteiger partial charge in [-0.2, -0.15) is 10.2 Å². The molecule has 130 valence electrons. The second kappa shape index (κ2) is 7.34. The summed E-state index contributed by atoms with van der Waals surface area (Å²) < 4.78 is 23.9. The lowest BCUT2D eigenvalue weighted by molar-refractivity contribution is -0.148. The molecule has 2 aromatic rings. The SMILES string of the molecule is CCOC(=O)[C@H]1CCCN(c2oc(-c3ccc(F)cc3)nc2C#N)C1. The molecule has 6 nitrogen and oxygen atoms in total. The highest BCUT2D eigenvalue weighted by molar-refractivity contribution is 5.73. The standard InChI is InChI=1S/C18H18FN3O3/c1-2-24-18(23)13-4-3-9-22(11-13)17-15(10-20)21-16(25-17)12-5-7-14(19)8-6-12/h5-8,13H,2-4,9,11H2,1H3/t13-/m0/s1. The number of aromatic nitrogens is 1. The van der Waals surface area contributed by atoms with Gasteiger partial charge in [0, 0.05) is 18.7 Å². The number of ether oxygens (including phenoxy) is 1. The molecular weight excluding hydrogens is 325 g/mol. The number of nitriles is 1. The molecule has 1 aromatic carbocycles. The first-order valence-corrected chi connectivity index (χ1v) is 8.20. The summed E-state index contributed by atoms with van der Waals surface area (Å²) in [7, 11) is 0. The van der Waals surface area contributed by atoms with Crippen LogP contribution in [0.3, 0.4) is 0 Å². The molecule has 1 fully saturated rings. The summed E-state index contributed by atoms with van der Waals surface area (Å²) in [5, 5.41) is 9.36. The lowest BCUT2D eigenvalue weighted by Crippen LogP contribution is -2.39. The third kappa shape index (κ3) is 3.63. The maximum atomic E-state index is 13.1. The number of hydrogen-bond acceptors (Lipinski definition) is 6. The van der Waals surface area contributed by atoms with Gasteiger partial charge in [-0.1, -0.05) is 0 Å². The van der Waals surface area contributed by atoms with Gasteiger partial charge in [-0.25, -0.2) is 4.39 Å². The van der Waals surface area contributed by atoms with Crippen molar-refractivity contribution in [2.75, 3.05) is 24.6 Å². The predicted octanol–water partition coefficient (Wildman–Crippen LogP) is 3.13. The van der Waals surface area contributed by atoms with Gasteiger partial charge in [0.1, 0.15) is 11.9 Å². The van der Waals surface area contributed by atoms with Crippen LogP contribution in [-0.4, -0.2) is 30.6 Å². The van der Waals surface area contributed by atoms with Crippen molar-refractivity contribution in [3.8, 4) is 17.5 Å². The summed E-state index contributed by atoms with van der Waals surface area (Å²) >= 11 is 0. The summed E-state index contributed by atoms with van der Waals surface area (Å²) in [6.45, 7) is 3.21. The first-order chi connectivity index (χ1) is 12.1. The second-order valence-corrected chi connectivity index (χ2v) is 5.83. The van der Waals surface area contributed by atoms with Crippen molar-refractivity contribution in [2.45, 2.75) is 19.8 Å². The smallest absolute Gasteiger partial charge is 0.310 e. The molecule has 1 aliphatic heterocycles. The van der Waals surface area contributed by atoms with Gasteiger partial charge < -0.3 is 14.1 Å². The minimum absolute atomic E-state index is 0.156. The second-order valence-electron chi connectivity index (χ2n) is 5.83. The predicted molar refractivity (Wildman–Crippen MR) is 88.2 cm³/mol.